The molecule has 1 atom stereocenters. The summed E-state index contributed by atoms with van der Waals surface area (Å²) in [6.07, 6.45) is 5.40. The summed E-state index contributed by atoms with van der Waals surface area (Å²) in [5.74, 6) is 0.166. The van der Waals surface area contributed by atoms with Gasteiger partial charge in [0.2, 0.25) is 0 Å². The molecule has 1 aliphatic heterocycles. The molecule has 1 unspecified atom stereocenters. The normalized spacial score (nSPS) is 18.7. The highest BCUT2D eigenvalue weighted by Crippen LogP contribution is 2.15. The first-order valence-corrected chi connectivity index (χ1v) is 7.83. The van der Waals surface area contributed by atoms with Crippen molar-refractivity contribution in [3.63, 3.8) is 0 Å². The van der Waals surface area contributed by atoms with Gasteiger partial charge in [-0.05, 0) is 51.8 Å². The van der Waals surface area contributed by atoms with Gasteiger partial charge >= 0.3 is 0 Å². The van der Waals surface area contributed by atoms with Crippen molar-refractivity contribution in [1.29, 1.82) is 0 Å². The molecular weight excluding hydrogens is 250 g/mol. The Morgan fingerprint density at radius 2 is 2.35 bits per heavy atom. The second-order valence-corrected chi connectivity index (χ2v) is 5.94. The van der Waals surface area contributed by atoms with Crippen LogP contribution in [0.1, 0.15) is 56.6 Å². The Hall–Kier alpha value is -1.29. The van der Waals surface area contributed by atoms with Crippen LogP contribution in [0.2, 0.25) is 0 Å². The van der Waals surface area contributed by atoms with E-state index in [1.807, 2.05) is 23.2 Å². The van der Waals surface area contributed by atoms with Crippen LogP contribution in [0.5, 0.6) is 0 Å². The first-order chi connectivity index (χ1) is 9.63. The summed E-state index contributed by atoms with van der Waals surface area (Å²) in [5, 5.41) is 3.48. The highest BCUT2D eigenvalue weighted by molar-refractivity contribution is 5.92. The topological polar surface area (TPSA) is 37.3 Å². The van der Waals surface area contributed by atoms with Gasteiger partial charge in [0.25, 0.3) is 5.91 Å². The third-order valence-corrected chi connectivity index (χ3v) is 3.94. The maximum atomic E-state index is 12.8. The van der Waals surface area contributed by atoms with Gasteiger partial charge in [0, 0.05) is 31.4 Å². The van der Waals surface area contributed by atoms with E-state index in [1.165, 1.54) is 12.8 Å². The monoisotopic (exact) mass is 277 g/mol. The minimum absolute atomic E-state index is 0.166. The molecule has 1 saturated heterocycles. The lowest BCUT2D eigenvalue weighted by Gasteiger charge is -2.26. The molecule has 1 aromatic rings. The van der Waals surface area contributed by atoms with E-state index in [0.29, 0.717) is 12.1 Å². The average molecular weight is 277 g/mol. The third kappa shape index (κ3) is 3.42. The lowest BCUT2D eigenvalue weighted by Crippen LogP contribution is -2.42. The molecule has 1 aromatic heterocycles. The van der Waals surface area contributed by atoms with E-state index in [1.54, 1.807) is 0 Å². The first-order valence-electron chi connectivity index (χ1n) is 7.83. The summed E-state index contributed by atoms with van der Waals surface area (Å²) >= 11 is 0. The van der Waals surface area contributed by atoms with E-state index in [-0.39, 0.29) is 5.91 Å². The van der Waals surface area contributed by atoms with Crippen molar-refractivity contribution in [2.45, 2.75) is 52.1 Å². The number of carbonyl (C=O) groups is 1. The van der Waals surface area contributed by atoms with Gasteiger partial charge in [-0.2, -0.15) is 0 Å². The molecule has 20 heavy (non-hydrogen) atoms. The molecule has 4 heteroatoms. The average Bonchev–Trinajstić information content (AvgIpc) is 3.08. The van der Waals surface area contributed by atoms with Crippen LogP contribution in [-0.2, 0) is 0 Å². The van der Waals surface area contributed by atoms with E-state index in [0.717, 1.165) is 31.7 Å². The largest absolute Gasteiger partial charge is 0.341 e. The Bertz CT molecular complexity index is 433. The number of rotatable bonds is 6. The molecule has 1 amide bonds. The summed E-state index contributed by atoms with van der Waals surface area (Å²) in [6.45, 7) is 9.10. The number of amides is 1. The summed E-state index contributed by atoms with van der Waals surface area (Å²) in [5.41, 5.74) is 0.812. The van der Waals surface area contributed by atoms with Crippen LogP contribution in [0.3, 0.4) is 0 Å². The van der Waals surface area contributed by atoms with Gasteiger partial charge in [-0.15, -0.1) is 0 Å². The van der Waals surface area contributed by atoms with Gasteiger partial charge in [-0.1, -0.05) is 6.92 Å². The van der Waals surface area contributed by atoms with Crippen LogP contribution in [0.25, 0.3) is 0 Å². The maximum Gasteiger partial charge on any atom is 0.270 e. The van der Waals surface area contributed by atoms with Crippen molar-refractivity contribution in [1.82, 2.24) is 14.8 Å². The quantitative estimate of drug-likeness (QED) is 0.868. The fourth-order valence-electron chi connectivity index (χ4n) is 2.91. The zero-order valence-electron chi connectivity index (χ0n) is 12.9. The van der Waals surface area contributed by atoms with Crippen molar-refractivity contribution in [3.8, 4) is 0 Å². The Morgan fingerprint density at radius 3 is 2.95 bits per heavy atom. The van der Waals surface area contributed by atoms with E-state index < -0.39 is 0 Å². The number of hydrogen-bond acceptors (Lipinski definition) is 2. The zero-order valence-corrected chi connectivity index (χ0v) is 12.9. The minimum atomic E-state index is 0.166. The molecule has 2 rings (SSSR count). The van der Waals surface area contributed by atoms with Crippen LogP contribution in [0.15, 0.2) is 18.3 Å². The molecule has 112 valence electrons. The van der Waals surface area contributed by atoms with E-state index >= 15 is 0 Å². The summed E-state index contributed by atoms with van der Waals surface area (Å²) < 4.78 is 2.06. The molecule has 0 aromatic carbocycles. The van der Waals surface area contributed by atoms with Gasteiger partial charge < -0.3 is 14.8 Å². The predicted molar refractivity (Wildman–Crippen MR) is 82.0 cm³/mol. The van der Waals surface area contributed by atoms with Crippen molar-refractivity contribution in [2.75, 3.05) is 19.6 Å². The van der Waals surface area contributed by atoms with Gasteiger partial charge in [0.1, 0.15) is 5.69 Å². The Labute approximate surface area is 122 Å². The highest BCUT2D eigenvalue weighted by atomic mass is 16.2. The second kappa shape index (κ2) is 6.93. The van der Waals surface area contributed by atoms with Gasteiger partial charge in [-0.25, -0.2) is 0 Å². The predicted octanol–water partition coefficient (Wildman–Crippen LogP) is 2.67. The number of carbonyl (C=O) groups excluding carboxylic acids is 1. The maximum absolute atomic E-state index is 12.8. The fourth-order valence-corrected chi connectivity index (χ4v) is 2.91. The zero-order chi connectivity index (χ0) is 14.5. The summed E-state index contributed by atoms with van der Waals surface area (Å²) in [7, 11) is 0. The Morgan fingerprint density at radius 1 is 1.55 bits per heavy atom. The summed E-state index contributed by atoms with van der Waals surface area (Å²) in [4.78, 5) is 14.8. The highest BCUT2D eigenvalue weighted by Gasteiger charge is 2.23. The molecule has 2 heterocycles. The van der Waals surface area contributed by atoms with E-state index in [9.17, 15) is 4.79 Å². The van der Waals surface area contributed by atoms with Crippen molar-refractivity contribution in [3.05, 3.63) is 24.0 Å². The lowest BCUT2D eigenvalue weighted by molar-refractivity contribution is 0.0729. The molecule has 1 fully saturated rings. The second-order valence-electron chi connectivity index (χ2n) is 5.94. The standard InChI is InChI=1S/C16H27N3O/c1-4-10-18(12-14-7-5-9-17-14)16(20)15-8-6-11-19(15)13(2)3/h6,8,11,13-14,17H,4-5,7,9-10,12H2,1-3H3. The molecule has 0 aliphatic carbocycles. The van der Waals surface area contributed by atoms with Crippen LogP contribution < -0.4 is 5.32 Å². The van der Waals surface area contributed by atoms with Crippen LogP contribution in [0, 0.1) is 0 Å². The first kappa shape index (κ1) is 15.1. The molecule has 0 saturated carbocycles. The van der Waals surface area contributed by atoms with Crippen molar-refractivity contribution >= 4 is 5.91 Å². The van der Waals surface area contributed by atoms with Crippen molar-refractivity contribution in [2.24, 2.45) is 0 Å². The van der Waals surface area contributed by atoms with E-state index in [2.05, 4.69) is 30.7 Å². The van der Waals surface area contributed by atoms with Gasteiger partial charge in [0.05, 0.1) is 0 Å². The number of nitrogens with zero attached hydrogens (tertiary/aromatic N) is 2. The van der Waals surface area contributed by atoms with Crippen LogP contribution >= 0.6 is 0 Å². The van der Waals surface area contributed by atoms with Crippen LogP contribution in [0.4, 0.5) is 0 Å². The van der Waals surface area contributed by atoms with Crippen molar-refractivity contribution < 1.29 is 4.79 Å². The smallest absolute Gasteiger partial charge is 0.270 e. The fraction of sp³-hybridized carbons (Fsp3) is 0.688. The molecule has 1 aliphatic rings. The molecule has 0 bridgehead atoms. The molecule has 4 nitrogen and oxygen atoms in total. The van der Waals surface area contributed by atoms with Gasteiger partial charge in [0.15, 0.2) is 0 Å². The minimum Gasteiger partial charge on any atom is -0.341 e. The Kier molecular flexibility index (Phi) is 5.24. The Balaban J connectivity index is 2.10. The van der Waals surface area contributed by atoms with E-state index in [4.69, 9.17) is 0 Å². The molecule has 1 N–H and O–H groups in total. The van der Waals surface area contributed by atoms with Gasteiger partial charge in [-0.3, -0.25) is 4.79 Å². The third-order valence-electron chi connectivity index (χ3n) is 3.94. The SMILES string of the molecule is CCCN(CC1CCCN1)C(=O)c1cccn1C(C)C. The summed E-state index contributed by atoms with van der Waals surface area (Å²) in [6, 6.07) is 4.68. The van der Waals surface area contributed by atoms with Crippen LogP contribution in [-0.4, -0.2) is 41.1 Å². The lowest BCUT2D eigenvalue weighted by atomic mass is 10.2. The number of aromatic nitrogens is 1. The number of hydrogen-bond donors (Lipinski definition) is 1. The molecular formula is C16H27N3O. The molecule has 0 radical (unpaired) electrons. The molecule has 0 spiro atoms. The number of nitrogens with one attached hydrogen (secondary N) is 1.